The van der Waals surface area contributed by atoms with Crippen LogP contribution in [-0.4, -0.2) is 16.2 Å². The fraction of sp³-hybridized carbons (Fsp3) is 0.529. The van der Waals surface area contributed by atoms with E-state index in [0.717, 1.165) is 50.2 Å². The summed E-state index contributed by atoms with van der Waals surface area (Å²) in [7, 11) is 0. The van der Waals surface area contributed by atoms with Crippen molar-refractivity contribution in [3.05, 3.63) is 47.1 Å². The smallest absolute Gasteiger partial charge is 0.229 e. The van der Waals surface area contributed by atoms with Crippen molar-refractivity contribution in [2.45, 2.75) is 56.4 Å². The maximum atomic E-state index is 6.06. The molecular weight excluding hydrogens is 262 g/mol. The minimum Gasteiger partial charge on any atom is -0.339 e. The van der Waals surface area contributed by atoms with Crippen molar-refractivity contribution in [3.63, 3.8) is 0 Å². The zero-order valence-electron chi connectivity index (χ0n) is 12.2. The van der Waals surface area contributed by atoms with E-state index in [-0.39, 0.29) is 6.04 Å². The van der Waals surface area contributed by atoms with E-state index < -0.39 is 0 Å². The van der Waals surface area contributed by atoms with Crippen LogP contribution < -0.4 is 5.73 Å². The van der Waals surface area contributed by atoms with Crippen LogP contribution in [0.5, 0.6) is 0 Å². The predicted molar refractivity (Wildman–Crippen MR) is 80.1 cm³/mol. The molecule has 0 spiro atoms. The second kappa shape index (κ2) is 5.26. The molecule has 1 fully saturated rings. The molecule has 2 N–H and O–H groups in total. The maximum Gasteiger partial charge on any atom is 0.229 e. The SMILES string of the molecule is NC1CCCC(c2nc(C3CCc4ccccc43)no2)C1. The van der Waals surface area contributed by atoms with E-state index in [0.29, 0.717) is 11.8 Å². The Hall–Kier alpha value is -1.68. The molecular formula is C17H21N3O. The van der Waals surface area contributed by atoms with Crippen molar-refractivity contribution in [1.82, 2.24) is 10.1 Å². The van der Waals surface area contributed by atoms with Gasteiger partial charge in [0.15, 0.2) is 5.82 Å². The first kappa shape index (κ1) is 13.0. The Morgan fingerprint density at radius 2 is 2.05 bits per heavy atom. The first-order chi connectivity index (χ1) is 10.3. The third kappa shape index (κ3) is 2.38. The van der Waals surface area contributed by atoms with Crippen molar-refractivity contribution in [1.29, 1.82) is 0 Å². The average molecular weight is 283 g/mol. The highest BCUT2D eigenvalue weighted by Crippen LogP contribution is 2.38. The van der Waals surface area contributed by atoms with Gasteiger partial charge in [-0.3, -0.25) is 0 Å². The second-order valence-corrected chi connectivity index (χ2v) is 6.40. The van der Waals surface area contributed by atoms with Crippen molar-refractivity contribution in [2.24, 2.45) is 5.73 Å². The highest BCUT2D eigenvalue weighted by Gasteiger charge is 2.30. The third-order valence-electron chi connectivity index (χ3n) is 4.97. The molecule has 1 saturated carbocycles. The zero-order chi connectivity index (χ0) is 14.2. The van der Waals surface area contributed by atoms with Gasteiger partial charge in [-0.25, -0.2) is 0 Å². The second-order valence-electron chi connectivity index (χ2n) is 6.40. The summed E-state index contributed by atoms with van der Waals surface area (Å²) in [5.74, 6) is 2.31. The monoisotopic (exact) mass is 283 g/mol. The lowest BCUT2D eigenvalue weighted by atomic mass is 9.86. The van der Waals surface area contributed by atoms with Crippen molar-refractivity contribution in [2.75, 3.05) is 0 Å². The molecule has 1 aromatic heterocycles. The van der Waals surface area contributed by atoms with E-state index in [9.17, 15) is 0 Å². The van der Waals surface area contributed by atoms with Gasteiger partial charge in [-0.2, -0.15) is 4.98 Å². The Bertz CT molecular complexity index is 636. The highest BCUT2D eigenvalue weighted by atomic mass is 16.5. The van der Waals surface area contributed by atoms with Gasteiger partial charge >= 0.3 is 0 Å². The van der Waals surface area contributed by atoms with E-state index in [1.54, 1.807) is 0 Å². The van der Waals surface area contributed by atoms with E-state index in [2.05, 4.69) is 29.4 Å². The van der Waals surface area contributed by atoms with Gasteiger partial charge in [-0.15, -0.1) is 0 Å². The van der Waals surface area contributed by atoms with Gasteiger partial charge in [-0.05, 0) is 43.2 Å². The van der Waals surface area contributed by atoms with Gasteiger partial charge in [0.1, 0.15) is 0 Å². The van der Waals surface area contributed by atoms with E-state index in [4.69, 9.17) is 15.2 Å². The number of aryl methyl sites for hydroxylation is 1. The maximum absolute atomic E-state index is 6.06. The van der Waals surface area contributed by atoms with Crippen LogP contribution in [0, 0.1) is 0 Å². The number of fused-ring (bicyclic) bond motifs is 1. The number of hydrogen-bond acceptors (Lipinski definition) is 4. The first-order valence-corrected chi connectivity index (χ1v) is 7.98. The molecule has 0 saturated heterocycles. The summed E-state index contributed by atoms with van der Waals surface area (Å²) in [5, 5.41) is 4.27. The van der Waals surface area contributed by atoms with Crippen LogP contribution in [0.1, 0.15) is 66.8 Å². The summed E-state index contributed by atoms with van der Waals surface area (Å²) in [4.78, 5) is 4.72. The molecule has 1 aromatic carbocycles. The Morgan fingerprint density at radius 1 is 1.14 bits per heavy atom. The van der Waals surface area contributed by atoms with Crippen molar-refractivity contribution >= 4 is 0 Å². The Morgan fingerprint density at radius 3 is 2.95 bits per heavy atom. The van der Waals surface area contributed by atoms with E-state index in [1.165, 1.54) is 11.1 Å². The highest BCUT2D eigenvalue weighted by molar-refractivity contribution is 5.38. The topological polar surface area (TPSA) is 64.9 Å². The van der Waals surface area contributed by atoms with Crippen LogP contribution >= 0.6 is 0 Å². The number of rotatable bonds is 2. The van der Waals surface area contributed by atoms with Gasteiger partial charge in [0.25, 0.3) is 0 Å². The van der Waals surface area contributed by atoms with Crippen molar-refractivity contribution < 1.29 is 4.52 Å². The predicted octanol–water partition coefficient (Wildman–Crippen LogP) is 3.13. The van der Waals surface area contributed by atoms with Crippen LogP contribution in [0.3, 0.4) is 0 Å². The van der Waals surface area contributed by atoms with Gasteiger partial charge in [0.05, 0.1) is 0 Å². The lowest BCUT2D eigenvalue weighted by molar-refractivity contribution is 0.297. The van der Waals surface area contributed by atoms with Crippen molar-refractivity contribution in [3.8, 4) is 0 Å². The van der Waals surface area contributed by atoms with Crippen LogP contribution in [-0.2, 0) is 6.42 Å². The van der Waals surface area contributed by atoms with Gasteiger partial charge in [-0.1, -0.05) is 35.8 Å². The summed E-state index contributed by atoms with van der Waals surface area (Å²) in [6.45, 7) is 0. The zero-order valence-corrected chi connectivity index (χ0v) is 12.2. The fourth-order valence-electron chi connectivity index (χ4n) is 3.83. The molecule has 0 amide bonds. The molecule has 2 aromatic rings. The van der Waals surface area contributed by atoms with Crippen LogP contribution in [0.25, 0.3) is 0 Å². The minimum atomic E-state index is 0.284. The Labute approximate surface area is 124 Å². The standard InChI is InChI=1S/C17H21N3O/c18-13-6-3-5-12(10-13)17-19-16(20-21-17)15-9-8-11-4-1-2-7-14(11)15/h1-2,4,7,12-13,15H,3,5-6,8-10,18H2. The molecule has 0 aliphatic heterocycles. The largest absolute Gasteiger partial charge is 0.339 e. The Kier molecular flexibility index (Phi) is 3.26. The molecule has 3 unspecified atom stereocenters. The normalized spacial score (nSPS) is 28.5. The summed E-state index contributed by atoms with van der Waals surface area (Å²) < 4.78 is 5.56. The summed E-state index contributed by atoms with van der Waals surface area (Å²) >= 11 is 0. The van der Waals surface area contributed by atoms with Crippen LogP contribution in [0.2, 0.25) is 0 Å². The summed E-state index contributed by atoms with van der Waals surface area (Å²) in [5.41, 5.74) is 8.86. The molecule has 110 valence electrons. The number of benzene rings is 1. The van der Waals surface area contributed by atoms with E-state index in [1.807, 2.05) is 0 Å². The molecule has 4 heteroatoms. The first-order valence-electron chi connectivity index (χ1n) is 7.98. The number of aromatic nitrogens is 2. The lowest BCUT2D eigenvalue weighted by Crippen LogP contribution is -2.27. The van der Waals surface area contributed by atoms with Gasteiger partial charge < -0.3 is 10.3 Å². The summed E-state index contributed by atoms with van der Waals surface area (Å²) in [6.07, 6.45) is 6.57. The average Bonchev–Trinajstić information content (AvgIpc) is 3.14. The van der Waals surface area contributed by atoms with Gasteiger partial charge in [0.2, 0.25) is 5.89 Å². The minimum absolute atomic E-state index is 0.284. The third-order valence-corrected chi connectivity index (χ3v) is 4.97. The molecule has 0 bridgehead atoms. The fourth-order valence-corrected chi connectivity index (χ4v) is 3.83. The molecule has 2 aliphatic carbocycles. The molecule has 21 heavy (non-hydrogen) atoms. The molecule has 4 nitrogen and oxygen atoms in total. The number of nitrogens with zero attached hydrogens (tertiary/aromatic N) is 2. The quantitative estimate of drug-likeness (QED) is 0.919. The molecule has 0 radical (unpaired) electrons. The summed E-state index contributed by atoms with van der Waals surface area (Å²) in [6, 6.07) is 8.88. The molecule has 4 rings (SSSR count). The molecule has 1 heterocycles. The van der Waals surface area contributed by atoms with Crippen LogP contribution in [0.4, 0.5) is 0 Å². The number of nitrogens with two attached hydrogens (primary N) is 1. The number of hydrogen-bond donors (Lipinski definition) is 1. The van der Waals surface area contributed by atoms with Crippen LogP contribution in [0.15, 0.2) is 28.8 Å². The van der Waals surface area contributed by atoms with Gasteiger partial charge in [0, 0.05) is 17.9 Å². The molecule has 2 aliphatic rings. The Balaban J connectivity index is 1.58. The molecule has 3 atom stereocenters. The van der Waals surface area contributed by atoms with E-state index >= 15 is 0 Å². The lowest BCUT2D eigenvalue weighted by Gasteiger charge is -2.23.